The fourth-order valence-electron chi connectivity index (χ4n) is 1.20. The minimum atomic E-state index is 0.638. The van der Waals surface area contributed by atoms with Crippen molar-refractivity contribution >= 4 is 0 Å². The first kappa shape index (κ1) is 11.2. The molecule has 0 aliphatic carbocycles. The molecule has 0 aliphatic rings. The Morgan fingerprint density at radius 3 is 2.42 bits per heavy atom. The van der Waals surface area contributed by atoms with Gasteiger partial charge in [0.2, 0.25) is 0 Å². The fraction of sp³-hybridized carbons (Fsp3) is 0.500. The largest absolute Gasteiger partial charge is 0.0988 e. The van der Waals surface area contributed by atoms with E-state index in [1.54, 1.807) is 0 Å². The molecule has 12 heavy (non-hydrogen) atoms. The van der Waals surface area contributed by atoms with E-state index in [0.717, 1.165) is 0 Å². The lowest BCUT2D eigenvalue weighted by Gasteiger charge is -2.12. The summed E-state index contributed by atoms with van der Waals surface area (Å²) < 4.78 is 0. The number of allylic oxidation sites excluding steroid dienone is 5. The molecule has 68 valence electrons. The van der Waals surface area contributed by atoms with Gasteiger partial charge in [0.1, 0.15) is 0 Å². The highest BCUT2D eigenvalue weighted by Gasteiger charge is 2.04. The summed E-state index contributed by atoms with van der Waals surface area (Å²) in [6, 6.07) is 0. The van der Waals surface area contributed by atoms with Crippen molar-refractivity contribution in [3.63, 3.8) is 0 Å². The third kappa shape index (κ3) is 3.08. The highest BCUT2D eigenvalue weighted by Crippen LogP contribution is 2.20. The van der Waals surface area contributed by atoms with Gasteiger partial charge in [0.15, 0.2) is 0 Å². The van der Waals surface area contributed by atoms with Crippen molar-refractivity contribution in [1.82, 2.24) is 0 Å². The van der Waals surface area contributed by atoms with E-state index in [2.05, 4.69) is 46.4 Å². The Labute approximate surface area is 76.7 Å². The van der Waals surface area contributed by atoms with Crippen molar-refractivity contribution < 1.29 is 0 Å². The SMILES string of the molecule is C=C/C(C)=C(\C=C/C)C(C)CC. The minimum absolute atomic E-state index is 0.638. The van der Waals surface area contributed by atoms with Gasteiger partial charge in [-0.2, -0.15) is 0 Å². The second-order valence-electron chi connectivity index (χ2n) is 3.15. The zero-order valence-electron chi connectivity index (χ0n) is 8.72. The van der Waals surface area contributed by atoms with Crippen LogP contribution in [0.25, 0.3) is 0 Å². The smallest absolute Gasteiger partial charge is 0.0191 e. The summed E-state index contributed by atoms with van der Waals surface area (Å²) in [5.74, 6) is 0.638. The Kier molecular flexibility index (Phi) is 5.44. The first-order chi connectivity index (χ1) is 5.67. The van der Waals surface area contributed by atoms with Gasteiger partial charge in [-0.15, -0.1) is 0 Å². The van der Waals surface area contributed by atoms with E-state index < -0.39 is 0 Å². The number of rotatable bonds is 4. The van der Waals surface area contributed by atoms with Crippen LogP contribution in [0.3, 0.4) is 0 Å². The van der Waals surface area contributed by atoms with E-state index in [1.807, 2.05) is 6.08 Å². The monoisotopic (exact) mass is 164 g/mol. The molecule has 0 amide bonds. The molecule has 0 heteroatoms. The predicted octanol–water partition coefficient (Wildman–Crippen LogP) is 4.11. The molecule has 0 aromatic carbocycles. The molecule has 0 saturated heterocycles. The number of hydrogen-bond donors (Lipinski definition) is 0. The van der Waals surface area contributed by atoms with Crippen molar-refractivity contribution in [2.45, 2.75) is 34.1 Å². The molecular weight excluding hydrogens is 144 g/mol. The summed E-state index contributed by atoms with van der Waals surface area (Å²) in [6.45, 7) is 12.4. The molecule has 0 aliphatic heterocycles. The maximum absolute atomic E-state index is 3.79. The molecule has 0 heterocycles. The minimum Gasteiger partial charge on any atom is -0.0988 e. The number of hydrogen-bond acceptors (Lipinski definition) is 0. The van der Waals surface area contributed by atoms with Crippen LogP contribution in [0, 0.1) is 5.92 Å². The fourth-order valence-corrected chi connectivity index (χ4v) is 1.20. The Hall–Kier alpha value is -0.780. The van der Waals surface area contributed by atoms with Crippen LogP contribution in [0.2, 0.25) is 0 Å². The van der Waals surface area contributed by atoms with Gasteiger partial charge in [0.05, 0.1) is 0 Å². The zero-order valence-corrected chi connectivity index (χ0v) is 8.72. The molecular formula is C12H20. The van der Waals surface area contributed by atoms with E-state index in [-0.39, 0.29) is 0 Å². The van der Waals surface area contributed by atoms with Gasteiger partial charge in [0.25, 0.3) is 0 Å². The normalized spacial score (nSPS) is 16.0. The third-order valence-electron chi connectivity index (χ3n) is 2.25. The summed E-state index contributed by atoms with van der Waals surface area (Å²) in [7, 11) is 0. The Balaban J connectivity index is 4.76. The molecule has 1 atom stereocenters. The van der Waals surface area contributed by atoms with Gasteiger partial charge in [-0.05, 0) is 37.3 Å². The molecule has 0 aromatic rings. The quantitative estimate of drug-likeness (QED) is 0.548. The lowest BCUT2D eigenvalue weighted by Crippen LogP contribution is -1.97. The highest BCUT2D eigenvalue weighted by atomic mass is 14.1. The van der Waals surface area contributed by atoms with Gasteiger partial charge in [-0.1, -0.05) is 38.7 Å². The topological polar surface area (TPSA) is 0 Å². The van der Waals surface area contributed by atoms with Crippen molar-refractivity contribution in [3.8, 4) is 0 Å². The Bertz CT molecular complexity index is 194. The van der Waals surface area contributed by atoms with Crippen molar-refractivity contribution in [2.75, 3.05) is 0 Å². The van der Waals surface area contributed by atoms with Gasteiger partial charge in [0, 0.05) is 0 Å². The first-order valence-corrected chi connectivity index (χ1v) is 4.63. The van der Waals surface area contributed by atoms with E-state index in [4.69, 9.17) is 0 Å². The van der Waals surface area contributed by atoms with E-state index >= 15 is 0 Å². The summed E-state index contributed by atoms with van der Waals surface area (Å²) in [5, 5.41) is 0. The van der Waals surface area contributed by atoms with Crippen molar-refractivity contribution in [3.05, 3.63) is 36.0 Å². The molecule has 0 spiro atoms. The average molecular weight is 164 g/mol. The maximum Gasteiger partial charge on any atom is -0.0191 e. The second-order valence-corrected chi connectivity index (χ2v) is 3.15. The van der Waals surface area contributed by atoms with Crippen LogP contribution in [0.4, 0.5) is 0 Å². The molecule has 0 N–H and O–H groups in total. The Morgan fingerprint density at radius 2 is 2.08 bits per heavy atom. The van der Waals surface area contributed by atoms with Gasteiger partial charge < -0.3 is 0 Å². The summed E-state index contributed by atoms with van der Waals surface area (Å²) in [6.07, 6.45) is 7.39. The van der Waals surface area contributed by atoms with Crippen molar-refractivity contribution in [2.24, 2.45) is 5.92 Å². The Morgan fingerprint density at radius 1 is 1.50 bits per heavy atom. The summed E-state index contributed by atoms with van der Waals surface area (Å²) >= 11 is 0. The zero-order chi connectivity index (χ0) is 9.56. The molecule has 0 fully saturated rings. The molecule has 0 aromatic heterocycles. The van der Waals surface area contributed by atoms with Crippen molar-refractivity contribution in [1.29, 1.82) is 0 Å². The van der Waals surface area contributed by atoms with Crippen LogP contribution < -0.4 is 0 Å². The van der Waals surface area contributed by atoms with E-state index in [1.165, 1.54) is 17.6 Å². The molecule has 0 saturated carbocycles. The molecule has 0 rings (SSSR count). The van der Waals surface area contributed by atoms with Crippen LogP contribution in [0.5, 0.6) is 0 Å². The lowest BCUT2D eigenvalue weighted by molar-refractivity contribution is 0.665. The predicted molar refractivity (Wildman–Crippen MR) is 57.2 cm³/mol. The first-order valence-electron chi connectivity index (χ1n) is 4.63. The van der Waals surface area contributed by atoms with Gasteiger partial charge in [-0.3, -0.25) is 0 Å². The van der Waals surface area contributed by atoms with Crippen LogP contribution in [0.15, 0.2) is 36.0 Å². The standard InChI is InChI=1S/C12H20/c1-6-9-12(10(4)7-2)11(5)8-3/h6-7,9,11H,2,8H2,1,3-5H3/b9-6-,12-10+. The van der Waals surface area contributed by atoms with Crippen LogP contribution in [0.1, 0.15) is 34.1 Å². The van der Waals surface area contributed by atoms with Gasteiger partial charge >= 0.3 is 0 Å². The van der Waals surface area contributed by atoms with Crippen LogP contribution in [-0.4, -0.2) is 0 Å². The highest BCUT2D eigenvalue weighted by molar-refractivity contribution is 5.32. The molecule has 0 nitrogen and oxygen atoms in total. The maximum atomic E-state index is 3.79. The van der Waals surface area contributed by atoms with E-state index in [0.29, 0.717) is 5.92 Å². The third-order valence-corrected chi connectivity index (χ3v) is 2.25. The van der Waals surface area contributed by atoms with Gasteiger partial charge in [-0.25, -0.2) is 0 Å². The molecule has 0 radical (unpaired) electrons. The van der Waals surface area contributed by atoms with Crippen LogP contribution >= 0.6 is 0 Å². The molecule has 1 unspecified atom stereocenters. The average Bonchev–Trinajstić information content (AvgIpc) is 2.11. The second kappa shape index (κ2) is 5.82. The summed E-state index contributed by atoms with van der Waals surface area (Å²) in [4.78, 5) is 0. The summed E-state index contributed by atoms with van der Waals surface area (Å²) in [5.41, 5.74) is 2.71. The van der Waals surface area contributed by atoms with Crippen LogP contribution in [-0.2, 0) is 0 Å². The molecule has 0 bridgehead atoms. The lowest BCUT2D eigenvalue weighted by atomic mass is 9.94. The van der Waals surface area contributed by atoms with E-state index in [9.17, 15) is 0 Å².